The van der Waals surface area contributed by atoms with Gasteiger partial charge in [0.15, 0.2) is 0 Å². The molecule has 2 aliphatic rings. The van der Waals surface area contributed by atoms with Crippen LogP contribution in [0.2, 0.25) is 0 Å². The van der Waals surface area contributed by atoms with Gasteiger partial charge in [0.1, 0.15) is 0 Å². The lowest BCUT2D eigenvalue weighted by Gasteiger charge is -2.46. The number of hydrogen-bond acceptors (Lipinski definition) is 4. The van der Waals surface area contributed by atoms with Crippen molar-refractivity contribution in [2.75, 3.05) is 52.4 Å². The van der Waals surface area contributed by atoms with Gasteiger partial charge in [0.25, 0.3) is 0 Å². The Balaban J connectivity index is 1.25. The molecule has 6 heteroatoms. The third-order valence-electron chi connectivity index (χ3n) is 10.5. The van der Waals surface area contributed by atoms with Crippen LogP contribution in [0.15, 0.2) is 85.0 Å². The molecule has 2 fully saturated rings. The molecule has 0 aliphatic carbocycles. The fourth-order valence-electron chi connectivity index (χ4n) is 7.02. The second-order valence-electron chi connectivity index (χ2n) is 16.6. The van der Waals surface area contributed by atoms with E-state index in [1.54, 1.807) is 12.2 Å². The number of benzene rings is 2. The minimum atomic E-state index is 0.0805. The largest absolute Gasteiger partial charge is 0.337 e. The Labute approximate surface area is 315 Å². The molecule has 0 atom stereocenters. The van der Waals surface area contributed by atoms with Gasteiger partial charge in [0.2, 0.25) is 11.8 Å². The third-order valence-corrected chi connectivity index (χ3v) is 10.5. The first kappa shape index (κ1) is 41.0. The van der Waals surface area contributed by atoms with Crippen LogP contribution in [0, 0.1) is 0 Å². The average molecular weight is 707 g/mol. The van der Waals surface area contributed by atoms with Crippen molar-refractivity contribution in [2.24, 2.45) is 0 Å². The lowest BCUT2D eigenvalue weighted by Crippen LogP contribution is -2.60. The van der Waals surface area contributed by atoms with E-state index in [4.69, 9.17) is 0 Å². The van der Waals surface area contributed by atoms with Crippen LogP contribution in [-0.4, -0.2) is 89.9 Å². The topological polar surface area (TPSA) is 47.1 Å². The van der Waals surface area contributed by atoms with Gasteiger partial charge < -0.3 is 9.80 Å². The Morgan fingerprint density at radius 2 is 0.942 bits per heavy atom. The molecule has 0 N–H and O–H groups in total. The molecule has 2 aromatic carbocycles. The quantitative estimate of drug-likeness (QED) is 0.112. The summed E-state index contributed by atoms with van der Waals surface area (Å²) in [5, 5.41) is 0. The summed E-state index contributed by atoms with van der Waals surface area (Å²) >= 11 is 0. The van der Waals surface area contributed by atoms with Crippen molar-refractivity contribution in [1.82, 2.24) is 19.6 Å². The van der Waals surface area contributed by atoms with E-state index in [2.05, 4.69) is 107 Å². The fourth-order valence-corrected chi connectivity index (χ4v) is 7.02. The molecule has 2 aromatic rings. The van der Waals surface area contributed by atoms with Crippen molar-refractivity contribution >= 4 is 24.0 Å². The zero-order valence-electron chi connectivity index (χ0n) is 33.3. The maximum absolute atomic E-state index is 13.1. The van der Waals surface area contributed by atoms with Crippen LogP contribution in [0.4, 0.5) is 0 Å². The van der Waals surface area contributed by atoms with Crippen molar-refractivity contribution in [1.29, 1.82) is 0 Å². The number of unbranched alkanes of at least 4 members (excludes halogenated alkanes) is 4. The lowest BCUT2D eigenvalue weighted by molar-refractivity contribution is -0.130. The lowest BCUT2D eigenvalue weighted by atomic mass is 9.87. The highest BCUT2D eigenvalue weighted by atomic mass is 16.2. The Hall–Kier alpha value is -3.74. The minimum absolute atomic E-state index is 0.0805. The predicted molar refractivity (Wildman–Crippen MR) is 220 cm³/mol. The van der Waals surface area contributed by atoms with Crippen molar-refractivity contribution in [3.8, 4) is 0 Å². The Morgan fingerprint density at radius 3 is 1.31 bits per heavy atom. The zero-order valence-corrected chi connectivity index (χ0v) is 33.3. The first-order valence-corrected chi connectivity index (χ1v) is 19.8. The normalized spacial score (nSPS) is 17.2. The van der Waals surface area contributed by atoms with Gasteiger partial charge in [-0.25, -0.2) is 0 Å². The number of piperazine rings is 2. The predicted octanol–water partition coefficient (Wildman–Crippen LogP) is 9.10. The van der Waals surface area contributed by atoms with Crippen molar-refractivity contribution in [2.45, 2.75) is 104 Å². The number of allylic oxidation sites excluding steroid dienone is 4. The second kappa shape index (κ2) is 19.9. The van der Waals surface area contributed by atoms with Gasteiger partial charge in [-0.05, 0) is 39.5 Å². The third kappa shape index (κ3) is 13.0. The van der Waals surface area contributed by atoms with Crippen LogP contribution >= 0.6 is 0 Å². The SMILES string of the molecule is CCCCCCCC(N1CCN(C(=O)/C=C/C=C/c2ccc(C(C)(C)C)cc2)CC1)N1CCN(C(=O)/C=C/C=C/c2ccc(C(C)(C)C)cc2)CC1. The molecule has 52 heavy (non-hydrogen) atoms. The van der Waals surface area contributed by atoms with Crippen LogP contribution in [0.25, 0.3) is 12.2 Å². The van der Waals surface area contributed by atoms with Crippen LogP contribution < -0.4 is 0 Å². The zero-order chi connectivity index (χ0) is 37.6. The highest BCUT2D eigenvalue weighted by Crippen LogP contribution is 2.24. The Kier molecular flexibility index (Phi) is 15.7. The number of nitrogens with zero attached hydrogens (tertiary/aromatic N) is 4. The highest BCUT2D eigenvalue weighted by Gasteiger charge is 2.31. The summed E-state index contributed by atoms with van der Waals surface area (Å²) in [5.41, 5.74) is 5.17. The van der Waals surface area contributed by atoms with E-state index in [0.29, 0.717) is 6.17 Å². The monoisotopic (exact) mass is 707 g/mol. The number of carbonyl (C=O) groups is 2. The van der Waals surface area contributed by atoms with E-state index in [-0.39, 0.29) is 22.6 Å². The van der Waals surface area contributed by atoms with Gasteiger partial charge >= 0.3 is 0 Å². The molecule has 2 amide bonds. The van der Waals surface area contributed by atoms with Gasteiger partial charge in [-0.3, -0.25) is 19.4 Å². The summed E-state index contributed by atoms with van der Waals surface area (Å²) in [6.45, 7) is 22.1. The molecule has 282 valence electrons. The van der Waals surface area contributed by atoms with Gasteiger partial charge in [0, 0.05) is 64.5 Å². The van der Waals surface area contributed by atoms with E-state index in [1.807, 2.05) is 46.3 Å². The molecule has 2 heterocycles. The van der Waals surface area contributed by atoms with Crippen molar-refractivity contribution < 1.29 is 9.59 Å². The van der Waals surface area contributed by atoms with Crippen molar-refractivity contribution in [3.63, 3.8) is 0 Å². The first-order valence-electron chi connectivity index (χ1n) is 19.8. The molecule has 0 spiro atoms. The Morgan fingerprint density at radius 1 is 0.558 bits per heavy atom. The molecular formula is C46H66N4O2. The second-order valence-corrected chi connectivity index (χ2v) is 16.6. The molecule has 2 aliphatic heterocycles. The molecule has 0 saturated carbocycles. The number of hydrogen-bond donors (Lipinski definition) is 0. The summed E-state index contributed by atoms with van der Waals surface area (Å²) in [5.74, 6) is 0.161. The van der Waals surface area contributed by atoms with Gasteiger partial charge in [0.05, 0.1) is 6.17 Å². The van der Waals surface area contributed by atoms with E-state index in [9.17, 15) is 9.59 Å². The number of carbonyl (C=O) groups excluding carboxylic acids is 2. The summed E-state index contributed by atoms with van der Waals surface area (Å²) < 4.78 is 0. The minimum Gasteiger partial charge on any atom is -0.337 e. The summed E-state index contributed by atoms with van der Waals surface area (Å²) in [6, 6.07) is 17.2. The fraction of sp³-hybridized carbons (Fsp3) is 0.522. The molecule has 2 saturated heterocycles. The molecule has 0 unspecified atom stereocenters. The van der Waals surface area contributed by atoms with E-state index in [1.165, 1.54) is 43.2 Å². The van der Waals surface area contributed by atoms with Gasteiger partial charge in [-0.15, -0.1) is 0 Å². The molecule has 0 aromatic heterocycles. The van der Waals surface area contributed by atoms with Crippen LogP contribution in [-0.2, 0) is 20.4 Å². The number of amides is 2. The molecule has 4 rings (SSSR count). The summed E-state index contributed by atoms with van der Waals surface area (Å²) in [4.78, 5) is 35.3. The van der Waals surface area contributed by atoms with E-state index in [0.717, 1.165) is 69.9 Å². The maximum atomic E-state index is 13.1. The van der Waals surface area contributed by atoms with Crippen LogP contribution in [0.3, 0.4) is 0 Å². The summed E-state index contributed by atoms with van der Waals surface area (Å²) in [7, 11) is 0. The van der Waals surface area contributed by atoms with E-state index >= 15 is 0 Å². The standard InChI is InChI=1S/C46H66N4O2/c1-8-9-10-11-12-19-42(47-30-34-49(35-31-47)43(51)20-15-13-17-38-22-26-40(27-23-38)45(2,3)4)48-32-36-50(37-33-48)44(52)21-16-14-18-39-24-28-41(29-25-39)46(5,6)7/h13-18,20-29,42H,8-12,19,30-37H2,1-7H3/b17-13+,18-14+,20-15+,21-16+. The van der Waals surface area contributed by atoms with Gasteiger partial charge in [-0.1, -0.05) is 166 Å². The van der Waals surface area contributed by atoms with Crippen LogP contribution in [0.5, 0.6) is 0 Å². The van der Waals surface area contributed by atoms with E-state index < -0.39 is 0 Å². The first-order chi connectivity index (χ1) is 24.8. The maximum Gasteiger partial charge on any atom is 0.246 e. The average Bonchev–Trinajstić information content (AvgIpc) is 3.13. The molecular weight excluding hydrogens is 641 g/mol. The number of rotatable bonds is 14. The Bertz CT molecular complexity index is 1400. The molecule has 6 nitrogen and oxygen atoms in total. The smallest absolute Gasteiger partial charge is 0.246 e. The van der Waals surface area contributed by atoms with Gasteiger partial charge in [-0.2, -0.15) is 0 Å². The van der Waals surface area contributed by atoms with Crippen molar-refractivity contribution in [3.05, 3.63) is 107 Å². The highest BCUT2D eigenvalue weighted by molar-refractivity contribution is 5.88. The molecule has 0 bridgehead atoms. The summed E-state index contributed by atoms with van der Waals surface area (Å²) in [6.07, 6.45) is 22.9. The molecule has 0 radical (unpaired) electrons. The van der Waals surface area contributed by atoms with Crippen LogP contribution in [0.1, 0.15) is 109 Å².